The topological polar surface area (TPSA) is 66.5 Å². The number of hydrogen-bond acceptors (Lipinski definition) is 3. The first kappa shape index (κ1) is 20.6. The Morgan fingerprint density at radius 1 is 1.15 bits per heavy atom. The molecule has 0 radical (unpaired) electrons. The summed E-state index contributed by atoms with van der Waals surface area (Å²) in [4.78, 5) is 12.3. The number of nitrogens with one attached hydrogen (secondary N) is 1. The van der Waals surface area contributed by atoms with Crippen LogP contribution in [0.3, 0.4) is 0 Å². The Morgan fingerprint density at radius 3 is 2.38 bits per heavy atom. The molecule has 1 N–H and O–H groups in total. The molecule has 5 nitrogen and oxygen atoms in total. The van der Waals surface area contributed by atoms with Gasteiger partial charge in [0.15, 0.2) is 0 Å². The average molecular weight is 415 g/mol. The largest absolute Gasteiger partial charge is 0.354 e. The van der Waals surface area contributed by atoms with E-state index in [0.29, 0.717) is 11.6 Å². The van der Waals surface area contributed by atoms with E-state index in [-0.39, 0.29) is 23.2 Å². The second kappa shape index (κ2) is 8.75. The quantitative estimate of drug-likeness (QED) is 0.750. The van der Waals surface area contributed by atoms with Crippen LogP contribution in [-0.4, -0.2) is 33.7 Å². The summed E-state index contributed by atoms with van der Waals surface area (Å²) in [7, 11) is -3.69. The molecule has 1 amide bonds. The van der Waals surface area contributed by atoms with Crippen molar-refractivity contribution in [3.05, 3.63) is 64.1 Å². The van der Waals surface area contributed by atoms with Gasteiger partial charge < -0.3 is 5.32 Å². The summed E-state index contributed by atoms with van der Waals surface area (Å²) in [5.74, 6) is -0.310. The van der Waals surface area contributed by atoms with Crippen LogP contribution >= 0.6 is 23.2 Å². The molecule has 140 valence electrons. The van der Waals surface area contributed by atoms with Gasteiger partial charge in [0.1, 0.15) is 6.54 Å². The minimum atomic E-state index is -3.69. The zero-order chi connectivity index (χ0) is 19.3. The summed E-state index contributed by atoms with van der Waals surface area (Å²) < 4.78 is 25.2. The summed E-state index contributed by atoms with van der Waals surface area (Å²) >= 11 is 12.0. The van der Waals surface area contributed by atoms with Gasteiger partial charge in [-0.2, -0.15) is 0 Å². The number of rotatable bonds is 7. The van der Waals surface area contributed by atoms with Crippen molar-refractivity contribution in [1.82, 2.24) is 5.32 Å². The standard InChI is InChI=1S/C18H20Cl2N2O3S/c1-13(14-6-4-3-5-7-14)11-21-18(23)12-22(26(2,24)25)17-9-8-15(19)10-16(17)20/h3-10,13H,11-12H2,1-2H3,(H,21,23)/t13-/m0/s1. The van der Waals surface area contributed by atoms with Gasteiger partial charge in [-0.1, -0.05) is 60.5 Å². The fourth-order valence-electron chi connectivity index (χ4n) is 2.42. The highest BCUT2D eigenvalue weighted by Crippen LogP contribution is 2.30. The lowest BCUT2D eigenvalue weighted by molar-refractivity contribution is -0.119. The van der Waals surface area contributed by atoms with Crippen molar-refractivity contribution in [2.45, 2.75) is 12.8 Å². The van der Waals surface area contributed by atoms with E-state index in [1.54, 1.807) is 0 Å². The van der Waals surface area contributed by atoms with Gasteiger partial charge in [-0.25, -0.2) is 8.42 Å². The van der Waals surface area contributed by atoms with E-state index < -0.39 is 15.9 Å². The van der Waals surface area contributed by atoms with E-state index in [1.165, 1.54) is 18.2 Å². The van der Waals surface area contributed by atoms with Crippen molar-refractivity contribution in [1.29, 1.82) is 0 Å². The lowest BCUT2D eigenvalue weighted by Crippen LogP contribution is -2.41. The minimum absolute atomic E-state index is 0.103. The summed E-state index contributed by atoms with van der Waals surface area (Å²) in [6.07, 6.45) is 1.03. The normalized spacial score (nSPS) is 12.5. The number of amides is 1. The van der Waals surface area contributed by atoms with Crippen LogP contribution in [-0.2, 0) is 14.8 Å². The van der Waals surface area contributed by atoms with Crippen molar-refractivity contribution in [3.8, 4) is 0 Å². The molecule has 0 saturated heterocycles. The van der Waals surface area contributed by atoms with Crippen LogP contribution in [0.25, 0.3) is 0 Å². The minimum Gasteiger partial charge on any atom is -0.354 e. The molecular formula is C18H20Cl2N2O3S. The molecule has 26 heavy (non-hydrogen) atoms. The Labute approximate surface area is 164 Å². The van der Waals surface area contributed by atoms with Gasteiger partial charge in [0.2, 0.25) is 15.9 Å². The lowest BCUT2D eigenvalue weighted by atomic mass is 10.0. The zero-order valence-electron chi connectivity index (χ0n) is 14.4. The molecule has 0 heterocycles. The van der Waals surface area contributed by atoms with Crippen molar-refractivity contribution >= 4 is 44.8 Å². The third kappa shape index (κ3) is 5.62. The molecule has 0 aromatic heterocycles. The van der Waals surface area contributed by atoms with Crippen LogP contribution in [0.5, 0.6) is 0 Å². The first-order valence-electron chi connectivity index (χ1n) is 7.93. The van der Waals surface area contributed by atoms with E-state index in [0.717, 1.165) is 16.1 Å². The molecule has 0 spiro atoms. The fraction of sp³-hybridized carbons (Fsp3) is 0.278. The van der Waals surface area contributed by atoms with Crippen LogP contribution < -0.4 is 9.62 Å². The molecule has 2 aromatic carbocycles. The van der Waals surface area contributed by atoms with E-state index in [4.69, 9.17) is 23.2 Å². The van der Waals surface area contributed by atoms with E-state index in [2.05, 4.69) is 5.32 Å². The third-order valence-electron chi connectivity index (χ3n) is 3.84. The van der Waals surface area contributed by atoms with E-state index >= 15 is 0 Å². The second-order valence-corrected chi connectivity index (χ2v) is 8.73. The van der Waals surface area contributed by atoms with E-state index in [9.17, 15) is 13.2 Å². The van der Waals surface area contributed by atoms with Gasteiger partial charge in [0, 0.05) is 11.6 Å². The Morgan fingerprint density at radius 2 is 1.81 bits per heavy atom. The molecule has 8 heteroatoms. The van der Waals surface area contributed by atoms with Crippen molar-refractivity contribution in [2.75, 3.05) is 23.7 Å². The van der Waals surface area contributed by atoms with Crippen molar-refractivity contribution in [3.63, 3.8) is 0 Å². The molecule has 0 unspecified atom stereocenters. The highest BCUT2D eigenvalue weighted by Gasteiger charge is 2.23. The van der Waals surface area contributed by atoms with Gasteiger partial charge in [0.05, 0.1) is 17.0 Å². The van der Waals surface area contributed by atoms with Gasteiger partial charge in [-0.05, 0) is 29.7 Å². The van der Waals surface area contributed by atoms with Crippen LogP contribution in [0.2, 0.25) is 10.0 Å². The molecule has 0 fully saturated rings. The SMILES string of the molecule is C[C@@H](CNC(=O)CN(c1ccc(Cl)cc1Cl)S(C)(=O)=O)c1ccccc1. The summed E-state index contributed by atoms with van der Waals surface area (Å²) in [6.45, 7) is 2.02. The maximum atomic E-state index is 12.3. The highest BCUT2D eigenvalue weighted by atomic mass is 35.5. The molecule has 0 aliphatic carbocycles. The lowest BCUT2D eigenvalue weighted by Gasteiger charge is -2.23. The van der Waals surface area contributed by atoms with Crippen LogP contribution in [0.1, 0.15) is 18.4 Å². The second-order valence-electron chi connectivity index (χ2n) is 5.98. The first-order chi connectivity index (χ1) is 12.2. The fourth-order valence-corrected chi connectivity index (χ4v) is 3.85. The molecule has 0 aliphatic heterocycles. The average Bonchev–Trinajstić information content (AvgIpc) is 2.58. The summed E-state index contributed by atoms with van der Waals surface area (Å²) in [5, 5.41) is 3.31. The molecule has 0 aliphatic rings. The monoisotopic (exact) mass is 414 g/mol. The number of hydrogen-bond donors (Lipinski definition) is 1. The Hall–Kier alpha value is -1.76. The molecule has 2 rings (SSSR count). The number of anilines is 1. The molecule has 0 bridgehead atoms. The number of halogens is 2. The Balaban J connectivity index is 2.08. The molecule has 1 atom stereocenters. The van der Waals surface area contributed by atoms with Crippen LogP contribution in [0.4, 0.5) is 5.69 Å². The smallest absolute Gasteiger partial charge is 0.240 e. The number of carbonyl (C=O) groups is 1. The van der Waals surface area contributed by atoms with Crippen LogP contribution in [0, 0.1) is 0 Å². The maximum absolute atomic E-state index is 12.3. The van der Waals surface area contributed by atoms with Crippen molar-refractivity contribution < 1.29 is 13.2 Å². The first-order valence-corrected chi connectivity index (χ1v) is 10.5. The Kier molecular flexibility index (Phi) is 6.92. The van der Waals surface area contributed by atoms with Gasteiger partial charge >= 0.3 is 0 Å². The molecule has 0 saturated carbocycles. The molecular weight excluding hydrogens is 395 g/mol. The zero-order valence-corrected chi connectivity index (χ0v) is 16.8. The number of nitrogens with zero attached hydrogens (tertiary/aromatic N) is 1. The van der Waals surface area contributed by atoms with Crippen molar-refractivity contribution in [2.24, 2.45) is 0 Å². The maximum Gasteiger partial charge on any atom is 0.240 e. The Bertz CT molecular complexity index is 873. The van der Waals surface area contributed by atoms with E-state index in [1.807, 2.05) is 37.3 Å². The van der Waals surface area contributed by atoms with Gasteiger partial charge in [0.25, 0.3) is 0 Å². The number of carbonyl (C=O) groups excluding carboxylic acids is 1. The predicted octanol–water partition coefficient (Wildman–Crippen LogP) is 3.68. The van der Waals surface area contributed by atoms with Gasteiger partial charge in [-0.15, -0.1) is 0 Å². The summed E-state index contributed by atoms with van der Waals surface area (Å²) in [6, 6.07) is 14.2. The third-order valence-corrected chi connectivity index (χ3v) is 5.50. The molecule has 2 aromatic rings. The highest BCUT2D eigenvalue weighted by molar-refractivity contribution is 7.92. The van der Waals surface area contributed by atoms with Crippen LogP contribution in [0.15, 0.2) is 48.5 Å². The van der Waals surface area contributed by atoms with Gasteiger partial charge in [-0.3, -0.25) is 9.10 Å². The predicted molar refractivity (Wildman–Crippen MR) is 107 cm³/mol. The summed E-state index contributed by atoms with van der Waals surface area (Å²) in [5.41, 5.74) is 1.30. The number of sulfonamides is 1. The number of benzene rings is 2.